The minimum atomic E-state index is -0.801. The zero-order chi connectivity index (χ0) is 37.3. The molecule has 4 rings (SSSR count). The number of allylic oxidation sites excluding steroid dienone is 2. The summed E-state index contributed by atoms with van der Waals surface area (Å²) in [4.78, 5) is 30.3. The second-order valence-corrected chi connectivity index (χ2v) is 13.1. The third-order valence-corrected chi connectivity index (χ3v) is 9.72. The Kier molecular flexibility index (Phi) is 16.2. The van der Waals surface area contributed by atoms with Crippen LogP contribution in [0.25, 0.3) is 0 Å². The predicted octanol–water partition coefficient (Wildman–Crippen LogP) is 3.36. The second-order valence-electron chi connectivity index (χ2n) is 13.1. The molecule has 2 unspecified atom stereocenters. The number of rotatable bonds is 17. The SMILES string of the molecule is N#CC1=C(N2CCCC2)CC(OCCO)C/C1=C(/C#N)C(=O)OCCCCCCOC(=O)/C(C#N)=C1\CC(OCCO)CC(N2CCCC2)=C1C#N. The third-order valence-electron chi connectivity index (χ3n) is 9.72. The van der Waals surface area contributed by atoms with Crippen molar-refractivity contribution in [3.8, 4) is 24.3 Å². The first-order valence-corrected chi connectivity index (χ1v) is 18.2. The van der Waals surface area contributed by atoms with Crippen LogP contribution in [0.15, 0.2) is 44.8 Å². The van der Waals surface area contributed by atoms with E-state index in [1.807, 2.05) is 12.1 Å². The molecule has 2 saturated heterocycles. The fraction of sp³-hybridized carbons (Fsp3) is 0.632. The molecule has 278 valence electrons. The molecule has 2 atom stereocenters. The number of esters is 2. The highest BCUT2D eigenvalue weighted by molar-refractivity contribution is 5.95. The highest BCUT2D eigenvalue weighted by Crippen LogP contribution is 2.38. The van der Waals surface area contributed by atoms with E-state index in [9.17, 15) is 40.8 Å². The quantitative estimate of drug-likeness (QED) is 0.0956. The zero-order valence-corrected chi connectivity index (χ0v) is 29.7. The summed E-state index contributed by atoms with van der Waals surface area (Å²) in [6, 6.07) is 8.34. The Morgan fingerprint density at radius 2 is 0.981 bits per heavy atom. The number of carbonyl (C=O) groups is 2. The number of nitriles is 4. The normalized spacial score (nSPS) is 22.3. The van der Waals surface area contributed by atoms with Crippen LogP contribution < -0.4 is 0 Å². The number of aliphatic hydroxyl groups is 2. The Morgan fingerprint density at radius 3 is 1.31 bits per heavy atom. The average molecular weight is 717 g/mol. The van der Waals surface area contributed by atoms with Crippen molar-refractivity contribution in [3.05, 3.63) is 44.8 Å². The minimum Gasteiger partial charge on any atom is -0.462 e. The van der Waals surface area contributed by atoms with Gasteiger partial charge in [-0.15, -0.1) is 0 Å². The van der Waals surface area contributed by atoms with Gasteiger partial charge in [0.1, 0.15) is 35.4 Å². The molecule has 0 aromatic rings. The van der Waals surface area contributed by atoms with Crippen LogP contribution >= 0.6 is 0 Å². The molecule has 2 N–H and O–H groups in total. The fourth-order valence-electron chi connectivity index (χ4n) is 7.23. The summed E-state index contributed by atoms with van der Waals surface area (Å²) in [5, 5.41) is 58.6. The maximum absolute atomic E-state index is 13.1. The zero-order valence-electron chi connectivity index (χ0n) is 29.7. The van der Waals surface area contributed by atoms with Crippen LogP contribution in [0.5, 0.6) is 0 Å². The van der Waals surface area contributed by atoms with Crippen molar-refractivity contribution in [2.24, 2.45) is 0 Å². The van der Waals surface area contributed by atoms with Crippen molar-refractivity contribution < 1.29 is 38.7 Å². The van der Waals surface area contributed by atoms with Crippen LogP contribution in [0, 0.1) is 45.3 Å². The Labute approximate surface area is 305 Å². The van der Waals surface area contributed by atoms with Gasteiger partial charge in [0.05, 0.1) is 63.0 Å². The lowest BCUT2D eigenvalue weighted by atomic mass is 9.86. The molecule has 14 nitrogen and oxygen atoms in total. The van der Waals surface area contributed by atoms with Crippen LogP contribution in [0.2, 0.25) is 0 Å². The van der Waals surface area contributed by atoms with Crippen molar-refractivity contribution in [2.45, 2.75) is 89.3 Å². The van der Waals surface area contributed by atoms with Gasteiger partial charge in [0.15, 0.2) is 0 Å². The summed E-state index contributed by atoms with van der Waals surface area (Å²) >= 11 is 0. The largest absolute Gasteiger partial charge is 0.462 e. The lowest BCUT2D eigenvalue weighted by Crippen LogP contribution is -2.31. The standard InChI is InChI=1S/C38H48N6O8/c39-23-31-29(19-27(49-17-13-45)21-35(31)43-9-3-4-10-43)33(25-41)37(47)51-15-7-1-2-8-16-52-38(48)34(26-42)30-20-28(50-18-14-46)22-36(32(30)24-40)44-11-5-6-12-44/h27-28,45-46H,1-22H2/b33-29+,34-30+. The van der Waals surface area contributed by atoms with Crippen molar-refractivity contribution in [1.82, 2.24) is 9.80 Å². The summed E-state index contributed by atoms with van der Waals surface area (Å²) in [6.45, 7) is 3.12. The van der Waals surface area contributed by atoms with Gasteiger partial charge in [0.2, 0.25) is 0 Å². The molecular weight excluding hydrogens is 668 g/mol. The Morgan fingerprint density at radius 1 is 0.596 bits per heavy atom. The molecule has 2 aliphatic carbocycles. The van der Waals surface area contributed by atoms with Crippen molar-refractivity contribution >= 4 is 11.9 Å². The first kappa shape index (κ1) is 40.1. The number of unbranched alkanes of at least 4 members (excludes halogenated alkanes) is 3. The first-order chi connectivity index (χ1) is 25.4. The van der Waals surface area contributed by atoms with E-state index in [1.165, 1.54) is 0 Å². The average Bonchev–Trinajstić information content (AvgIpc) is 3.90. The van der Waals surface area contributed by atoms with Gasteiger partial charge in [-0.05, 0) is 62.5 Å². The molecular formula is C38H48N6O8. The number of hydrogen-bond acceptors (Lipinski definition) is 14. The van der Waals surface area contributed by atoms with E-state index in [-0.39, 0.29) is 75.8 Å². The summed E-state index contributed by atoms with van der Waals surface area (Å²) in [5.41, 5.74) is 2.33. The van der Waals surface area contributed by atoms with Gasteiger partial charge >= 0.3 is 11.9 Å². The number of ether oxygens (including phenoxy) is 4. The van der Waals surface area contributed by atoms with E-state index >= 15 is 0 Å². The Balaban J connectivity index is 1.30. The van der Waals surface area contributed by atoms with Crippen LogP contribution in [0.4, 0.5) is 0 Å². The molecule has 14 heteroatoms. The molecule has 0 radical (unpaired) electrons. The topological polar surface area (TPSA) is 213 Å². The number of likely N-dealkylation sites (tertiary alicyclic amines) is 2. The maximum atomic E-state index is 13.1. The van der Waals surface area contributed by atoms with Gasteiger partial charge in [0, 0.05) is 63.3 Å². The van der Waals surface area contributed by atoms with E-state index in [1.54, 1.807) is 0 Å². The molecule has 0 aromatic heterocycles. The monoisotopic (exact) mass is 716 g/mol. The lowest BCUT2D eigenvalue weighted by Gasteiger charge is -2.32. The third kappa shape index (κ3) is 10.4. The summed E-state index contributed by atoms with van der Waals surface area (Å²) in [7, 11) is 0. The summed E-state index contributed by atoms with van der Waals surface area (Å²) < 4.78 is 22.5. The molecule has 0 spiro atoms. The highest BCUT2D eigenvalue weighted by atomic mass is 16.5. The molecule has 4 aliphatic rings. The number of aliphatic hydroxyl groups excluding tert-OH is 2. The smallest absolute Gasteiger partial charge is 0.349 e. The molecule has 0 bridgehead atoms. The summed E-state index contributed by atoms with van der Waals surface area (Å²) in [5.74, 6) is -1.60. The molecule has 2 aliphatic heterocycles. The van der Waals surface area contributed by atoms with Gasteiger partial charge in [-0.2, -0.15) is 21.0 Å². The molecule has 52 heavy (non-hydrogen) atoms. The number of nitrogens with zero attached hydrogens (tertiary/aromatic N) is 6. The van der Waals surface area contributed by atoms with Crippen molar-refractivity contribution in [1.29, 1.82) is 21.0 Å². The number of carbonyl (C=O) groups excluding carboxylic acids is 2. The molecule has 0 saturated carbocycles. The Bertz CT molecular complexity index is 1470. The Hall–Kier alpha value is -4.70. The highest BCUT2D eigenvalue weighted by Gasteiger charge is 2.35. The summed E-state index contributed by atoms with van der Waals surface area (Å²) in [6.07, 6.45) is 6.74. The van der Waals surface area contributed by atoms with E-state index < -0.39 is 11.9 Å². The molecule has 0 aromatic carbocycles. The predicted molar refractivity (Wildman–Crippen MR) is 185 cm³/mol. The maximum Gasteiger partial charge on any atom is 0.349 e. The minimum absolute atomic E-state index is 0.0545. The van der Waals surface area contributed by atoms with Crippen LogP contribution in [0.1, 0.15) is 77.0 Å². The number of hydrogen-bond donors (Lipinski definition) is 2. The lowest BCUT2D eigenvalue weighted by molar-refractivity contribution is -0.140. The molecule has 0 amide bonds. The van der Waals surface area contributed by atoms with Gasteiger partial charge in [-0.1, -0.05) is 0 Å². The fourth-order valence-corrected chi connectivity index (χ4v) is 7.23. The van der Waals surface area contributed by atoms with Crippen molar-refractivity contribution in [3.63, 3.8) is 0 Å². The molecule has 2 fully saturated rings. The van der Waals surface area contributed by atoms with Gasteiger partial charge in [-0.3, -0.25) is 0 Å². The van der Waals surface area contributed by atoms with Crippen molar-refractivity contribution in [2.75, 3.05) is 65.8 Å². The van der Waals surface area contributed by atoms with Crippen LogP contribution in [0.3, 0.4) is 0 Å². The second kappa shape index (κ2) is 21.0. The van der Waals surface area contributed by atoms with E-state index in [2.05, 4.69) is 21.9 Å². The van der Waals surface area contributed by atoms with Crippen LogP contribution in [-0.4, -0.2) is 110 Å². The van der Waals surface area contributed by atoms with Gasteiger partial charge in [-0.25, -0.2) is 9.59 Å². The van der Waals surface area contributed by atoms with Crippen LogP contribution in [-0.2, 0) is 28.5 Å². The van der Waals surface area contributed by atoms with E-state index in [0.29, 0.717) is 60.8 Å². The van der Waals surface area contributed by atoms with Gasteiger partial charge < -0.3 is 39.0 Å². The van der Waals surface area contributed by atoms with Gasteiger partial charge in [0.25, 0.3) is 0 Å². The van der Waals surface area contributed by atoms with E-state index in [0.717, 1.165) is 63.3 Å². The van der Waals surface area contributed by atoms with E-state index in [4.69, 9.17) is 18.9 Å². The first-order valence-electron chi connectivity index (χ1n) is 18.2. The molecule has 2 heterocycles.